The molecular weight excluding hydrogens is 857 g/mol. The highest BCUT2D eigenvalue weighted by Crippen LogP contribution is 2.25. The smallest absolute Gasteiger partial charge is 0.416 e. The Hall–Kier alpha value is -4.25. The van der Waals surface area contributed by atoms with Crippen LogP contribution in [0.1, 0.15) is 95.6 Å². The van der Waals surface area contributed by atoms with Gasteiger partial charge in [0.15, 0.2) is 0 Å². The maximum atomic E-state index is 12.5. The lowest BCUT2D eigenvalue weighted by molar-refractivity contribution is 0.0627. The maximum Gasteiger partial charge on any atom is 0.537 e. The number of hydrogen-bond acceptors (Lipinski definition) is 11. The van der Waals surface area contributed by atoms with Crippen molar-refractivity contribution in [2.75, 3.05) is 48.3 Å². The number of nitrogens with zero attached hydrogens (tertiary/aromatic N) is 2. The van der Waals surface area contributed by atoms with Crippen molar-refractivity contribution in [1.82, 2.24) is 9.80 Å². The van der Waals surface area contributed by atoms with E-state index in [-0.39, 0.29) is 74.4 Å². The van der Waals surface area contributed by atoms with E-state index >= 15 is 0 Å². The van der Waals surface area contributed by atoms with E-state index in [0.717, 1.165) is 37.6 Å². The predicted octanol–water partition coefficient (Wildman–Crippen LogP) is 3.11. The zero-order chi connectivity index (χ0) is 42.8. The Bertz CT molecular complexity index is 1830. The van der Waals surface area contributed by atoms with Gasteiger partial charge in [0.05, 0.1) is 35.3 Å². The van der Waals surface area contributed by atoms with Crippen LogP contribution in [-0.4, -0.2) is 136 Å². The minimum absolute atomic E-state index is 0. The highest BCUT2D eigenvalue weighted by atomic mass is 28.4. The van der Waals surface area contributed by atoms with Gasteiger partial charge in [-0.25, -0.2) is 0 Å². The van der Waals surface area contributed by atoms with Crippen LogP contribution in [0.4, 0.5) is 0 Å². The van der Waals surface area contributed by atoms with Gasteiger partial charge >= 0.3 is 8.80 Å². The summed E-state index contributed by atoms with van der Waals surface area (Å²) in [6.45, 7) is 12.0. The lowest BCUT2D eigenvalue weighted by Crippen LogP contribution is -2.56. The molecule has 3 N–H and O–H groups in total. The predicted molar refractivity (Wildman–Crippen MR) is 266 cm³/mol. The molecule has 0 atom stereocenters. The summed E-state index contributed by atoms with van der Waals surface area (Å²) >= 11 is 0. The molecule has 0 unspecified atom stereocenters. The van der Waals surface area contributed by atoms with Crippen LogP contribution in [-0.2, 0) is 30.8 Å². The van der Waals surface area contributed by atoms with Gasteiger partial charge in [-0.05, 0) is 96.4 Å². The molecule has 13 nitrogen and oxygen atoms in total. The molecule has 0 saturated carbocycles. The average Bonchev–Trinajstić information content (AvgIpc) is 3.64. The third kappa shape index (κ3) is 15.2. The van der Waals surface area contributed by atoms with E-state index in [1.165, 1.54) is 15.0 Å². The summed E-state index contributed by atoms with van der Waals surface area (Å²) in [7, 11) is -0.0769. The number of hydrogen-bond donors (Lipinski definition) is 3. The molecule has 17 heteroatoms. The van der Waals surface area contributed by atoms with Crippen molar-refractivity contribution in [3.05, 3.63) is 130 Å². The quantitative estimate of drug-likeness (QED) is 0.133. The monoisotopic (exact) mass is 932 g/mol. The number of benzene rings is 4. The number of aliphatic hydroxyl groups is 3. The molecule has 2 heterocycles. The molecule has 0 saturated heterocycles. The number of carbonyl (C=O) groups excluding carboxylic acids is 4. The molecule has 0 bridgehead atoms. The Labute approximate surface area is 381 Å². The van der Waals surface area contributed by atoms with Crippen molar-refractivity contribution in [3.8, 4) is 0 Å². The highest BCUT2D eigenvalue weighted by molar-refractivity contribution is 6.84. The Morgan fingerprint density at radius 1 is 0.468 bits per heavy atom. The number of fused-ring (bicyclic) bond motifs is 2. The second kappa shape index (κ2) is 31.6. The first-order valence-electron chi connectivity index (χ1n) is 18.4. The number of amides is 4. The van der Waals surface area contributed by atoms with Gasteiger partial charge < -0.3 is 33.0 Å². The lowest BCUT2D eigenvalue weighted by Gasteiger charge is -2.28. The normalized spacial score (nSPS) is 11.9. The van der Waals surface area contributed by atoms with Crippen LogP contribution in [0, 0.1) is 0 Å². The van der Waals surface area contributed by atoms with E-state index in [1.807, 2.05) is 69.3 Å². The molecule has 0 radical (unpaired) electrons. The molecular formula is C45H76N2O11Si4. The molecule has 0 fully saturated rings. The Morgan fingerprint density at radius 2 is 0.726 bits per heavy atom. The van der Waals surface area contributed by atoms with E-state index in [0.29, 0.717) is 48.6 Å². The van der Waals surface area contributed by atoms with Crippen LogP contribution < -0.4 is 10.4 Å². The summed E-state index contributed by atoms with van der Waals surface area (Å²) in [4.78, 5) is 52.4. The van der Waals surface area contributed by atoms with E-state index in [1.54, 1.807) is 55.6 Å². The summed E-state index contributed by atoms with van der Waals surface area (Å²) < 4.78 is 23.4. The number of carbonyl (C=O) groups is 4. The van der Waals surface area contributed by atoms with Crippen LogP contribution in [0.25, 0.3) is 0 Å². The lowest BCUT2D eigenvalue weighted by atomic mass is 10.1. The van der Waals surface area contributed by atoms with Gasteiger partial charge in [0, 0.05) is 53.4 Å². The van der Waals surface area contributed by atoms with Crippen LogP contribution >= 0.6 is 0 Å². The van der Waals surface area contributed by atoms with Crippen LogP contribution in [0.15, 0.2) is 97.1 Å². The van der Waals surface area contributed by atoms with Crippen molar-refractivity contribution < 1.29 is 52.2 Å². The first kappa shape index (κ1) is 64.4. The fourth-order valence-corrected chi connectivity index (χ4v) is 9.69. The van der Waals surface area contributed by atoms with Gasteiger partial charge in [0.25, 0.3) is 23.6 Å². The molecule has 4 aromatic rings. The molecule has 2 aliphatic rings. The Balaban J connectivity index is -0.000000456. The van der Waals surface area contributed by atoms with E-state index in [9.17, 15) is 19.2 Å². The molecule has 62 heavy (non-hydrogen) atoms. The summed E-state index contributed by atoms with van der Waals surface area (Å²) in [5.74, 6) is -0.958. The van der Waals surface area contributed by atoms with Gasteiger partial charge in [0.1, 0.15) is 0 Å². The molecule has 348 valence electrons. The zero-order valence-corrected chi connectivity index (χ0v) is 36.3. The van der Waals surface area contributed by atoms with Crippen molar-refractivity contribution in [2.45, 2.75) is 69.2 Å². The van der Waals surface area contributed by atoms with Gasteiger partial charge in [-0.3, -0.25) is 29.0 Å². The van der Waals surface area contributed by atoms with Gasteiger partial charge in [0.2, 0.25) is 8.32 Å². The maximum absolute atomic E-state index is 12.5. The Morgan fingerprint density at radius 3 is 0.968 bits per heavy atom. The molecule has 4 aromatic carbocycles. The highest BCUT2D eigenvalue weighted by Gasteiger charge is 2.43. The number of rotatable bonds is 13. The fraction of sp³-hybridized carbons (Fsp3) is 0.378. The summed E-state index contributed by atoms with van der Waals surface area (Å²) in [6, 6.07) is 29.4. The number of aliphatic hydroxyl groups excluding tert-OH is 3. The van der Waals surface area contributed by atoms with E-state index < -0.39 is 17.1 Å². The fourth-order valence-electron chi connectivity index (χ4n) is 6.02. The third-order valence-corrected chi connectivity index (χ3v) is 14.7. The van der Waals surface area contributed by atoms with Crippen molar-refractivity contribution >= 4 is 73.1 Å². The summed E-state index contributed by atoms with van der Waals surface area (Å²) in [6.07, 6.45) is 0. The summed E-state index contributed by atoms with van der Waals surface area (Å²) in [5, 5.41) is 23.1. The van der Waals surface area contributed by atoms with Crippen molar-refractivity contribution in [3.63, 3.8) is 0 Å². The first-order chi connectivity index (χ1) is 27.5. The molecule has 6 rings (SSSR count). The largest absolute Gasteiger partial charge is 0.537 e. The Kier molecular flexibility index (Phi) is 32.8. The van der Waals surface area contributed by atoms with E-state index in [4.69, 9.17) is 33.0 Å². The second-order valence-corrected chi connectivity index (χ2v) is 19.0. The van der Waals surface area contributed by atoms with Crippen molar-refractivity contribution in [2.24, 2.45) is 0 Å². The van der Waals surface area contributed by atoms with E-state index in [2.05, 4.69) is 13.1 Å². The minimum Gasteiger partial charge on any atom is -0.416 e. The number of imide groups is 2. The van der Waals surface area contributed by atoms with Crippen LogP contribution in [0.3, 0.4) is 0 Å². The molecule has 0 aliphatic carbocycles. The summed E-state index contributed by atoms with van der Waals surface area (Å²) in [5.41, 5.74) is 3.68. The van der Waals surface area contributed by atoms with Crippen LogP contribution in [0.5, 0.6) is 0 Å². The molecule has 4 amide bonds. The van der Waals surface area contributed by atoms with Crippen LogP contribution in [0.2, 0.25) is 13.1 Å². The SMILES string of the molecule is C.C.C.CCO[Si](OCC)(OCC)c1ccc(CN2C(=O)c3ccccc3C2=O)cc1.CO.CO.CO.CO[Si](C)(C)c1ccc(CN2C(=O)c3ccccc3C2=O)cc1.[SiH4].[SiH4]. The second-order valence-electron chi connectivity index (χ2n) is 12.4. The average molecular weight is 933 g/mol. The van der Waals surface area contributed by atoms with Crippen molar-refractivity contribution in [1.29, 1.82) is 0 Å². The minimum atomic E-state index is -2.97. The zero-order valence-electron chi connectivity index (χ0n) is 34.3. The van der Waals surface area contributed by atoms with Gasteiger partial charge in [-0.2, -0.15) is 0 Å². The molecule has 0 aromatic heterocycles. The van der Waals surface area contributed by atoms with Gasteiger partial charge in [-0.15, -0.1) is 0 Å². The molecule has 2 aliphatic heterocycles. The third-order valence-electron chi connectivity index (χ3n) is 8.91. The standard InChI is InChI=1S/C21H25NO5Si.C18H19NO3Si.3CH4O.3CH4.2H4Si/c1-4-25-28(26-5-2,27-6-3)17-13-11-16(12-14-17)15-22-20(23)18-9-7-8-10-19(18)21(22)24;1-22-23(2,3)14-10-8-13(9-11-14)12-19-17(20)15-6-4-5-7-16(15)18(19)21;3*1-2;;;;;/h7-14H,4-6,15H2,1-3H3;4-11H,12H2,1-3H3;3*2H,1H3;5*1H4. The van der Waals surface area contributed by atoms with Gasteiger partial charge in [-0.1, -0.05) is 95.1 Å². The molecule has 0 spiro atoms. The topological polar surface area (TPSA) is 172 Å². The first-order valence-corrected chi connectivity index (χ1v) is 23.0.